The molecule has 1 aliphatic heterocycles. The first-order valence-electron chi connectivity index (χ1n) is 6.81. The monoisotopic (exact) mass is 332 g/mol. The van der Waals surface area contributed by atoms with Crippen LogP contribution in [0.4, 0.5) is 0 Å². The number of carbonyl (C=O) groups is 3. The molecule has 0 saturated carbocycles. The molecular formula is C13H20N2O8. The molecule has 1 aliphatic rings. The number of hydrogen-bond donors (Lipinski definition) is 6. The molecule has 0 aromatic rings. The van der Waals surface area contributed by atoms with Crippen molar-refractivity contribution in [2.45, 2.75) is 44.3 Å². The van der Waals surface area contributed by atoms with Crippen molar-refractivity contribution in [1.82, 2.24) is 10.6 Å². The van der Waals surface area contributed by atoms with Gasteiger partial charge in [-0.1, -0.05) is 0 Å². The number of nitrogens with one attached hydrogen (secondary N) is 2. The predicted molar refractivity (Wildman–Crippen MR) is 74.9 cm³/mol. The molecule has 130 valence electrons. The number of aliphatic hydroxyl groups is 3. The van der Waals surface area contributed by atoms with Crippen molar-refractivity contribution in [2.24, 2.45) is 0 Å². The van der Waals surface area contributed by atoms with Crippen LogP contribution in [0, 0.1) is 0 Å². The second-order valence-corrected chi connectivity index (χ2v) is 5.13. The highest BCUT2D eigenvalue weighted by molar-refractivity contribution is 5.84. The summed E-state index contributed by atoms with van der Waals surface area (Å²) in [5.74, 6) is -3.07. The van der Waals surface area contributed by atoms with E-state index in [0.29, 0.717) is 0 Å². The third-order valence-corrected chi connectivity index (χ3v) is 3.18. The quantitative estimate of drug-likeness (QED) is 0.301. The molecule has 2 unspecified atom stereocenters. The Bertz CT molecular complexity index is 506. The third-order valence-electron chi connectivity index (χ3n) is 3.18. The maximum absolute atomic E-state index is 11.2. The van der Waals surface area contributed by atoms with Gasteiger partial charge in [0.25, 0.3) is 0 Å². The Hall–Kier alpha value is -2.17. The molecule has 0 aromatic carbocycles. The van der Waals surface area contributed by atoms with Crippen LogP contribution in [-0.2, 0) is 19.1 Å². The summed E-state index contributed by atoms with van der Waals surface area (Å²) >= 11 is 0. The lowest BCUT2D eigenvalue weighted by Crippen LogP contribution is -2.60. The Kier molecular flexibility index (Phi) is 6.49. The zero-order valence-corrected chi connectivity index (χ0v) is 12.6. The average molecular weight is 332 g/mol. The molecule has 1 rings (SSSR count). The molecule has 5 atom stereocenters. The molecule has 6 N–H and O–H groups in total. The van der Waals surface area contributed by atoms with Crippen LogP contribution in [0.1, 0.15) is 13.8 Å². The maximum atomic E-state index is 11.2. The van der Waals surface area contributed by atoms with E-state index >= 15 is 0 Å². The van der Waals surface area contributed by atoms with Crippen molar-refractivity contribution in [3.63, 3.8) is 0 Å². The van der Waals surface area contributed by atoms with Crippen molar-refractivity contribution in [2.75, 3.05) is 6.54 Å². The number of carboxylic acid groups (broad SMARTS) is 1. The van der Waals surface area contributed by atoms with E-state index in [0.717, 1.165) is 6.08 Å². The van der Waals surface area contributed by atoms with Gasteiger partial charge in [0.1, 0.15) is 18.3 Å². The van der Waals surface area contributed by atoms with Crippen molar-refractivity contribution in [1.29, 1.82) is 0 Å². The van der Waals surface area contributed by atoms with Crippen molar-refractivity contribution in [3.8, 4) is 0 Å². The molecule has 0 radical (unpaired) electrons. The molecule has 10 heteroatoms. The molecule has 23 heavy (non-hydrogen) atoms. The van der Waals surface area contributed by atoms with Crippen LogP contribution >= 0.6 is 0 Å². The van der Waals surface area contributed by atoms with Crippen LogP contribution in [0.2, 0.25) is 0 Å². The zero-order valence-electron chi connectivity index (χ0n) is 12.6. The molecule has 0 fully saturated rings. The van der Waals surface area contributed by atoms with Gasteiger partial charge in [0.05, 0.1) is 6.04 Å². The van der Waals surface area contributed by atoms with Gasteiger partial charge in [-0.05, 0) is 6.08 Å². The molecular weight excluding hydrogens is 312 g/mol. The van der Waals surface area contributed by atoms with Gasteiger partial charge in [0.2, 0.25) is 17.6 Å². The smallest absolute Gasteiger partial charge is 0.370 e. The van der Waals surface area contributed by atoms with E-state index in [2.05, 4.69) is 10.6 Å². The zero-order chi connectivity index (χ0) is 17.7. The molecule has 0 spiro atoms. The average Bonchev–Trinajstić information content (AvgIpc) is 2.45. The van der Waals surface area contributed by atoms with Crippen LogP contribution in [0.5, 0.6) is 0 Å². The first-order chi connectivity index (χ1) is 10.6. The van der Waals surface area contributed by atoms with Crippen molar-refractivity contribution in [3.05, 3.63) is 11.8 Å². The number of ether oxygens (including phenoxy) is 1. The highest BCUT2D eigenvalue weighted by Gasteiger charge is 2.43. The van der Waals surface area contributed by atoms with Gasteiger partial charge in [0, 0.05) is 20.4 Å². The summed E-state index contributed by atoms with van der Waals surface area (Å²) in [6.45, 7) is 2.07. The van der Waals surface area contributed by atoms with Gasteiger partial charge in [-0.25, -0.2) is 4.79 Å². The van der Waals surface area contributed by atoms with Crippen LogP contribution in [0.25, 0.3) is 0 Å². The molecule has 10 nitrogen and oxygen atoms in total. The number of carboxylic acids is 1. The minimum atomic E-state index is -1.67. The van der Waals surface area contributed by atoms with Crippen LogP contribution < -0.4 is 10.6 Å². The van der Waals surface area contributed by atoms with Gasteiger partial charge < -0.3 is 35.8 Å². The molecule has 0 aliphatic carbocycles. The summed E-state index contributed by atoms with van der Waals surface area (Å²) in [6.07, 6.45) is -5.15. The topological polar surface area (TPSA) is 165 Å². The van der Waals surface area contributed by atoms with Crippen LogP contribution in [-0.4, -0.2) is 75.2 Å². The van der Waals surface area contributed by atoms with Crippen molar-refractivity contribution >= 4 is 17.8 Å². The molecule has 2 amide bonds. The number of carbonyl (C=O) groups excluding carboxylic acids is 2. The van der Waals surface area contributed by atoms with Crippen molar-refractivity contribution < 1.29 is 39.5 Å². The standard InChI is InChI=1S/C13H20N2O8/c1-5(16)14-4-8(19)11(20)12-10(15-6(2)17)7(18)3-9(23-12)13(21)22/h3,7-8,10-12,18-20H,4H2,1-2H3,(H,14,16)(H,15,17)(H,21,22)/t7-,8+,10?,11+,12?/m1/s1. The number of aliphatic hydroxyl groups excluding tert-OH is 3. The fraction of sp³-hybridized carbons (Fsp3) is 0.615. The summed E-state index contributed by atoms with van der Waals surface area (Å²) in [7, 11) is 0. The third kappa shape index (κ3) is 5.20. The van der Waals surface area contributed by atoms with Crippen LogP contribution in [0.3, 0.4) is 0 Å². The summed E-state index contributed by atoms with van der Waals surface area (Å²) in [6, 6.07) is -1.17. The largest absolute Gasteiger partial charge is 0.478 e. The van der Waals surface area contributed by atoms with Gasteiger partial charge in [-0.2, -0.15) is 0 Å². The Labute approximate surface area is 131 Å². The highest BCUT2D eigenvalue weighted by atomic mass is 16.5. The Morgan fingerprint density at radius 1 is 1.26 bits per heavy atom. The lowest BCUT2D eigenvalue weighted by atomic mass is 9.93. The van der Waals surface area contributed by atoms with E-state index in [-0.39, 0.29) is 6.54 Å². The van der Waals surface area contributed by atoms with E-state index in [1.165, 1.54) is 13.8 Å². The highest BCUT2D eigenvalue weighted by Crippen LogP contribution is 2.22. The maximum Gasteiger partial charge on any atom is 0.370 e. The molecule has 0 saturated heterocycles. The molecule has 0 aromatic heterocycles. The summed E-state index contributed by atoms with van der Waals surface area (Å²) < 4.78 is 5.09. The van der Waals surface area contributed by atoms with Gasteiger partial charge >= 0.3 is 5.97 Å². The fourth-order valence-electron chi connectivity index (χ4n) is 2.11. The summed E-state index contributed by atoms with van der Waals surface area (Å²) in [5, 5.41) is 43.5. The number of rotatable bonds is 6. The van der Waals surface area contributed by atoms with E-state index in [4.69, 9.17) is 9.84 Å². The predicted octanol–water partition coefficient (Wildman–Crippen LogP) is -2.92. The molecule has 1 heterocycles. The lowest BCUT2D eigenvalue weighted by Gasteiger charge is -2.38. The van der Waals surface area contributed by atoms with Gasteiger partial charge in [-0.3, -0.25) is 9.59 Å². The molecule has 0 bridgehead atoms. The minimum Gasteiger partial charge on any atom is -0.478 e. The van der Waals surface area contributed by atoms with E-state index < -0.39 is 54.0 Å². The number of hydrogen-bond acceptors (Lipinski definition) is 7. The fourth-order valence-corrected chi connectivity index (χ4v) is 2.11. The van der Waals surface area contributed by atoms with E-state index in [1.807, 2.05) is 0 Å². The SMILES string of the molecule is CC(=O)NC[C@H](O)[C@H](O)C1OC(C(=O)O)=C[C@@H](O)C1NC(C)=O. The second-order valence-electron chi connectivity index (χ2n) is 5.13. The van der Waals surface area contributed by atoms with Crippen LogP contribution in [0.15, 0.2) is 11.8 Å². The summed E-state index contributed by atoms with van der Waals surface area (Å²) in [5.41, 5.74) is 0. The Balaban J connectivity index is 2.96. The Morgan fingerprint density at radius 3 is 2.35 bits per heavy atom. The number of amides is 2. The summed E-state index contributed by atoms with van der Waals surface area (Å²) in [4.78, 5) is 33.0. The van der Waals surface area contributed by atoms with Gasteiger partial charge in [0.15, 0.2) is 6.10 Å². The lowest BCUT2D eigenvalue weighted by molar-refractivity contribution is -0.147. The van der Waals surface area contributed by atoms with Gasteiger partial charge in [-0.15, -0.1) is 0 Å². The van der Waals surface area contributed by atoms with E-state index in [9.17, 15) is 29.7 Å². The van der Waals surface area contributed by atoms with E-state index in [1.54, 1.807) is 0 Å². The second kappa shape index (κ2) is 7.90. The first kappa shape index (κ1) is 18.9. The number of aliphatic carboxylic acids is 1. The normalized spacial score (nSPS) is 26.3. The minimum absolute atomic E-state index is 0.314. The Morgan fingerprint density at radius 2 is 1.87 bits per heavy atom. The first-order valence-corrected chi connectivity index (χ1v) is 6.81.